The lowest BCUT2D eigenvalue weighted by atomic mass is 10.1. The van der Waals surface area contributed by atoms with Crippen LogP contribution in [0.25, 0.3) is 6.08 Å². The quantitative estimate of drug-likeness (QED) is 0.501. The van der Waals surface area contributed by atoms with Gasteiger partial charge in [-0.25, -0.2) is 4.99 Å². The Balaban J connectivity index is 1.84. The number of carbonyl (C=O) groups excluding carboxylic acids is 1. The number of halogens is 1. The number of amides is 1. The van der Waals surface area contributed by atoms with Gasteiger partial charge in [0.1, 0.15) is 11.5 Å². The van der Waals surface area contributed by atoms with Crippen molar-refractivity contribution in [1.82, 2.24) is 0 Å². The zero-order valence-corrected chi connectivity index (χ0v) is 16.4. The van der Waals surface area contributed by atoms with Crippen molar-refractivity contribution in [1.29, 1.82) is 0 Å². The lowest BCUT2D eigenvalue weighted by Gasteiger charge is -2.19. The first-order chi connectivity index (χ1) is 12.6. The van der Waals surface area contributed by atoms with Crippen molar-refractivity contribution >= 4 is 50.8 Å². The predicted molar refractivity (Wildman–Crippen MR) is 112 cm³/mol. The van der Waals surface area contributed by atoms with Crippen molar-refractivity contribution in [3.63, 3.8) is 0 Å². The molecule has 2 heterocycles. The van der Waals surface area contributed by atoms with Crippen LogP contribution in [0.5, 0.6) is 0 Å². The highest BCUT2D eigenvalue weighted by atomic mass is 79.9. The molecule has 5 heteroatoms. The molecule has 0 aliphatic carbocycles. The average Bonchev–Trinajstić information content (AvgIpc) is 3.25. The summed E-state index contributed by atoms with van der Waals surface area (Å²) < 4.78 is 0.969. The van der Waals surface area contributed by atoms with E-state index in [9.17, 15) is 4.79 Å². The van der Waals surface area contributed by atoms with Crippen molar-refractivity contribution in [2.24, 2.45) is 4.99 Å². The monoisotopic (exact) mass is 422 g/mol. The van der Waals surface area contributed by atoms with E-state index in [0.717, 1.165) is 26.2 Å². The van der Waals surface area contributed by atoms with Gasteiger partial charge in [-0.05, 0) is 54.8 Å². The number of amidine groups is 1. The third-order valence-corrected chi connectivity index (χ3v) is 5.39. The summed E-state index contributed by atoms with van der Waals surface area (Å²) in [6.07, 6.45) is 1.85. The minimum absolute atomic E-state index is 0.114. The Morgan fingerprint density at radius 3 is 2.58 bits per heavy atom. The molecule has 26 heavy (non-hydrogen) atoms. The molecule has 4 rings (SSSR count). The minimum atomic E-state index is -0.114. The SMILES string of the molecule is Cc1cccc(C2=N/C(=C/c3cccs3)C(=O)N2c2ccc(Br)cc2)c1. The van der Waals surface area contributed by atoms with E-state index in [1.807, 2.05) is 79.0 Å². The van der Waals surface area contributed by atoms with Crippen LogP contribution in [0.4, 0.5) is 5.69 Å². The molecule has 3 aromatic rings. The fourth-order valence-corrected chi connectivity index (χ4v) is 3.75. The average molecular weight is 423 g/mol. The Labute approximate surface area is 164 Å². The van der Waals surface area contributed by atoms with Crippen LogP contribution in [-0.4, -0.2) is 11.7 Å². The third kappa shape index (κ3) is 3.28. The van der Waals surface area contributed by atoms with E-state index < -0.39 is 0 Å². The molecule has 128 valence electrons. The topological polar surface area (TPSA) is 32.7 Å². The highest BCUT2D eigenvalue weighted by molar-refractivity contribution is 9.10. The number of hydrogen-bond acceptors (Lipinski definition) is 3. The summed E-state index contributed by atoms with van der Waals surface area (Å²) in [6.45, 7) is 2.03. The van der Waals surface area contributed by atoms with Crippen LogP contribution >= 0.6 is 27.3 Å². The van der Waals surface area contributed by atoms with E-state index in [4.69, 9.17) is 0 Å². The van der Waals surface area contributed by atoms with Crippen LogP contribution in [0, 0.1) is 6.92 Å². The summed E-state index contributed by atoms with van der Waals surface area (Å²) in [5.74, 6) is 0.543. The molecule has 0 saturated carbocycles. The van der Waals surface area contributed by atoms with E-state index in [0.29, 0.717) is 11.5 Å². The molecule has 0 saturated heterocycles. The molecule has 2 aromatic carbocycles. The van der Waals surface area contributed by atoms with E-state index >= 15 is 0 Å². The summed E-state index contributed by atoms with van der Waals surface area (Å²) in [4.78, 5) is 20.5. The fraction of sp³-hybridized carbons (Fsp3) is 0.0476. The number of aliphatic imine (C=N–C) groups is 1. The molecule has 3 nitrogen and oxygen atoms in total. The number of nitrogens with zero attached hydrogens (tertiary/aromatic N) is 2. The second-order valence-corrected chi connectivity index (χ2v) is 7.86. The van der Waals surface area contributed by atoms with Crippen LogP contribution in [0.2, 0.25) is 0 Å². The molecular formula is C21H15BrN2OS. The zero-order valence-electron chi connectivity index (χ0n) is 14.0. The maximum atomic E-state index is 13.1. The van der Waals surface area contributed by atoms with Gasteiger partial charge < -0.3 is 0 Å². The Kier molecular flexibility index (Phi) is 4.57. The van der Waals surface area contributed by atoms with Gasteiger partial charge in [-0.1, -0.05) is 45.8 Å². The molecule has 0 atom stereocenters. The Morgan fingerprint density at radius 2 is 1.88 bits per heavy atom. The fourth-order valence-electron chi connectivity index (χ4n) is 2.83. The molecule has 0 spiro atoms. The molecule has 1 amide bonds. The number of aryl methyl sites for hydroxylation is 1. The van der Waals surface area contributed by atoms with Crippen LogP contribution in [0.15, 0.2) is 81.2 Å². The van der Waals surface area contributed by atoms with Gasteiger partial charge in [0.25, 0.3) is 5.91 Å². The summed E-state index contributed by atoms with van der Waals surface area (Å²) in [5, 5.41) is 1.99. The number of carbonyl (C=O) groups is 1. The molecular weight excluding hydrogens is 408 g/mol. The number of thiophene rings is 1. The molecule has 0 fully saturated rings. The van der Waals surface area contributed by atoms with Gasteiger partial charge in [0.05, 0.1) is 5.69 Å². The molecule has 0 N–H and O–H groups in total. The summed E-state index contributed by atoms with van der Waals surface area (Å²) >= 11 is 5.03. The van der Waals surface area contributed by atoms with Crippen molar-refractivity contribution < 1.29 is 4.79 Å². The first-order valence-electron chi connectivity index (χ1n) is 8.13. The van der Waals surface area contributed by atoms with Crippen LogP contribution in [0.3, 0.4) is 0 Å². The Hall–Kier alpha value is -2.50. The minimum Gasteiger partial charge on any atom is -0.266 e. The van der Waals surface area contributed by atoms with Crippen LogP contribution in [-0.2, 0) is 4.79 Å². The second kappa shape index (κ2) is 7.02. The van der Waals surface area contributed by atoms with E-state index in [-0.39, 0.29) is 5.91 Å². The molecule has 0 radical (unpaired) electrons. The predicted octanol–water partition coefficient (Wildman–Crippen LogP) is 5.65. The summed E-state index contributed by atoms with van der Waals surface area (Å²) in [5.41, 5.74) is 3.31. The smallest absolute Gasteiger partial charge is 0.266 e. The van der Waals surface area contributed by atoms with Crippen molar-refractivity contribution in [2.45, 2.75) is 6.92 Å². The van der Waals surface area contributed by atoms with E-state index in [1.54, 1.807) is 16.2 Å². The highest BCUT2D eigenvalue weighted by Crippen LogP contribution is 2.29. The van der Waals surface area contributed by atoms with E-state index in [2.05, 4.69) is 20.9 Å². The molecule has 1 aliphatic rings. The number of rotatable bonds is 3. The van der Waals surface area contributed by atoms with Gasteiger partial charge in [0, 0.05) is 14.9 Å². The van der Waals surface area contributed by atoms with Gasteiger partial charge >= 0.3 is 0 Å². The first-order valence-corrected chi connectivity index (χ1v) is 9.80. The standard InChI is InChI=1S/C21H15BrN2OS/c1-14-4-2-5-15(12-14)20-23-19(13-18-6-3-11-26-18)21(25)24(20)17-9-7-16(22)8-10-17/h2-13H,1H3/b19-13+. The number of benzene rings is 2. The van der Waals surface area contributed by atoms with Gasteiger partial charge in [-0.15, -0.1) is 11.3 Å². The molecule has 0 bridgehead atoms. The zero-order chi connectivity index (χ0) is 18.1. The first kappa shape index (κ1) is 16.9. The lowest BCUT2D eigenvalue weighted by molar-refractivity contribution is -0.113. The Morgan fingerprint density at radius 1 is 1.08 bits per heavy atom. The third-order valence-electron chi connectivity index (χ3n) is 4.04. The largest absolute Gasteiger partial charge is 0.282 e. The van der Waals surface area contributed by atoms with Gasteiger partial charge in [-0.2, -0.15) is 0 Å². The summed E-state index contributed by atoms with van der Waals surface area (Å²) in [7, 11) is 0. The normalized spacial score (nSPS) is 15.6. The van der Waals surface area contributed by atoms with Gasteiger partial charge in [0.2, 0.25) is 0 Å². The van der Waals surface area contributed by atoms with Gasteiger partial charge in [0.15, 0.2) is 0 Å². The summed E-state index contributed by atoms with van der Waals surface area (Å²) in [6, 6.07) is 19.7. The van der Waals surface area contributed by atoms with Crippen molar-refractivity contribution in [3.8, 4) is 0 Å². The highest BCUT2D eigenvalue weighted by Gasteiger charge is 2.32. The van der Waals surface area contributed by atoms with Crippen LogP contribution < -0.4 is 4.90 Å². The van der Waals surface area contributed by atoms with Gasteiger partial charge in [-0.3, -0.25) is 9.69 Å². The number of anilines is 1. The molecule has 1 aromatic heterocycles. The molecule has 0 unspecified atom stereocenters. The lowest BCUT2D eigenvalue weighted by Crippen LogP contribution is -2.32. The maximum Gasteiger partial charge on any atom is 0.282 e. The van der Waals surface area contributed by atoms with Crippen molar-refractivity contribution in [3.05, 3.63) is 92.2 Å². The molecule has 1 aliphatic heterocycles. The number of hydrogen-bond donors (Lipinski definition) is 0. The Bertz CT molecular complexity index is 1020. The van der Waals surface area contributed by atoms with Crippen LogP contribution in [0.1, 0.15) is 16.0 Å². The second-order valence-electron chi connectivity index (χ2n) is 5.97. The maximum absolute atomic E-state index is 13.1. The van der Waals surface area contributed by atoms with E-state index in [1.165, 1.54) is 0 Å². The van der Waals surface area contributed by atoms with Crippen molar-refractivity contribution in [2.75, 3.05) is 4.90 Å².